The Bertz CT molecular complexity index is 284. The molecule has 0 aromatic heterocycles. The fraction of sp³-hybridized carbons (Fsp3) is 1.00. The van der Waals surface area contributed by atoms with E-state index in [9.17, 15) is 0 Å². The minimum Gasteiger partial charge on any atom is -0.329 e. The Morgan fingerprint density at radius 2 is 1.65 bits per heavy atom. The lowest BCUT2D eigenvalue weighted by Gasteiger charge is -2.52. The fourth-order valence-electron chi connectivity index (χ4n) is 5.09. The van der Waals surface area contributed by atoms with Crippen LogP contribution >= 0.6 is 0 Å². The summed E-state index contributed by atoms with van der Waals surface area (Å²) >= 11 is 0. The molecular formula is C18H36N2. The molecule has 2 saturated carbocycles. The number of nitrogens with two attached hydrogens (primary N) is 1. The zero-order chi connectivity index (χ0) is 14.8. The van der Waals surface area contributed by atoms with Crippen molar-refractivity contribution in [3.8, 4) is 0 Å². The molecule has 2 N–H and O–H groups in total. The van der Waals surface area contributed by atoms with Crippen LogP contribution in [0.5, 0.6) is 0 Å². The Hall–Kier alpha value is -0.0800. The minimum atomic E-state index is 0.288. The van der Waals surface area contributed by atoms with Crippen molar-refractivity contribution in [3.05, 3.63) is 0 Å². The van der Waals surface area contributed by atoms with E-state index in [1.165, 1.54) is 51.5 Å². The molecule has 2 rings (SSSR count). The summed E-state index contributed by atoms with van der Waals surface area (Å²) in [5.41, 5.74) is 6.65. The van der Waals surface area contributed by atoms with Crippen LogP contribution < -0.4 is 5.73 Å². The first-order valence-electron chi connectivity index (χ1n) is 8.93. The van der Waals surface area contributed by atoms with Crippen LogP contribution in [0.25, 0.3) is 0 Å². The highest BCUT2D eigenvalue weighted by atomic mass is 15.2. The zero-order valence-corrected chi connectivity index (χ0v) is 14.2. The van der Waals surface area contributed by atoms with Crippen molar-refractivity contribution in [2.75, 3.05) is 13.1 Å². The number of nitrogens with zero attached hydrogens (tertiary/aromatic N) is 1. The highest BCUT2D eigenvalue weighted by molar-refractivity contribution is 5.00. The van der Waals surface area contributed by atoms with Gasteiger partial charge in [-0.2, -0.15) is 0 Å². The van der Waals surface area contributed by atoms with Crippen LogP contribution in [0.4, 0.5) is 0 Å². The minimum absolute atomic E-state index is 0.288. The van der Waals surface area contributed by atoms with E-state index in [1.807, 2.05) is 0 Å². The first-order chi connectivity index (χ1) is 9.47. The normalized spacial score (nSPS) is 36.1. The van der Waals surface area contributed by atoms with Crippen LogP contribution in [0.2, 0.25) is 0 Å². The summed E-state index contributed by atoms with van der Waals surface area (Å²) in [7, 11) is 0. The van der Waals surface area contributed by atoms with Gasteiger partial charge in [-0.15, -0.1) is 0 Å². The lowest BCUT2D eigenvalue weighted by atomic mass is 9.70. The van der Waals surface area contributed by atoms with Crippen LogP contribution in [0, 0.1) is 17.8 Å². The Kier molecular flexibility index (Phi) is 5.53. The molecule has 0 aromatic rings. The summed E-state index contributed by atoms with van der Waals surface area (Å²) in [5.74, 6) is 2.41. The number of rotatable bonds is 5. The molecule has 0 amide bonds. The second kappa shape index (κ2) is 6.79. The maximum Gasteiger partial charge on any atom is 0.0339 e. The topological polar surface area (TPSA) is 29.3 Å². The zero-order valence-electron chi connectivity index (χ0n) is 14.2. The second-order valence-corrected chi connectivity index (χ2v) is 8.27. The molecule has 0 saturated heterocycles. The van der Waals surface area contributed by atoms with Gasteiger partial charge >= 0.3 is 0 Å². The van der Waals surface area contributed by atoms with Gasteiger partial charge in [-0.1, -0.05) is 40.5 Å². The summed E-state index contributed by atoms with van der Waals surface area (Å²) in [5, 5.41) is 0. The molecule has 118 valence electrons. The van der Waals surface area contributed by atoms with Crippen LogP contribution in [-0.2, 0) is 0 Å². The third-order valence-corrected chi connectivity index (χ3v) is 5.58. The SMILES string of the molecule is CC(C)CN(C1CCCC1)C1(CN)CC(C)CC(C)C1. The van der Waals surface area contributed by atoms with E-state index in [0.717, 1.165) is 30.3 Å². The number of hydrogen-bond donors (Lipinski definition) is 1. The molecule has 20 heavy (non-hydrogen) atoms. The van der Waals surface area contributed by atoms with Crippen molar-refractivity contribution in [1.82, 2.24) is 4.90 Å². The summed E-state index contributed by atoms with van der Waals surface area (Å²) in [6.45, 7) is 11.7. The molecule has 2 unspecified atom stereocenters. The van der Waals surface area contributed by atoms with Crippen LogP contribution in [-0.4, -0.2) is 29.6 Å². The predicted octanol–water partition coefficient (Wildman–Crippen LogP) is 4.04. The van der Waals surface area contributed by atoms with Gasteiger partial charge in [0.2, 0.25) is 0 Å². The molecule has 0 aromatic carbocycles. The molecule has 0 heterocycles. The average molecular weight is 280 g/mol. The second-order valence-electron chi connectivity index (χ2n) is 8.27. The molecular weight excluding hydrogens is 244 g/mol. The summed E-state index contributed by atoms with van der Waals surface area (Å²) in [6, 6.07) is 0.804. The monoisotopic (exact) mass is 280 g/mol. The van der Waals surface area contributed by atoms with Gasteiger partial charge in [0.15, 0.2) is 0 Å². The molecule has 0 spiro atoms. The van der Waals surface area contributed by atoms with Gasteiger partial charge in [0.1, 0.15) is 0 Å². The molecule has 2 aliphatic carbocycles. The van der Waals surface area contributed by atoms with Crippen molar-refractivity contribution in [3.63, 3.8) is 0 Å². The van der Waals surface area contributed by atoms with Gasteiger partial charge in [-0.3, -0.25) is 4.90 Å². The lowest BCUT2D eigenvalue weighted by molar-refractivity contribution is -0.0174. The molecule has 0 aliphatic heterocycles. The van der Waals surface area contributed by atoms with E-state index in [1.54, 1.807) is 0 Å². The third kappa shape index (κ3) is 3.57. The molecule has 0 radical (unpaired) electrons. The van der Waals surface area contributed by atoms with Crippen LogP contribution in [0.3, 0.4) is 0 Å². The maximum absolute atomic E-state index is 6.37. The van der Waals surface area contributed by atoms with E-state index in [2.05, 4.69) is 32.6 Å². The smallest absolute Gasteiger partial charge is 0.0339 e. The first kappa shape index (κ1) is 16.3. The van der Waals surface area contributed by atoms with Gasteiger partial charge in [0.05, 0.1) is 0 Å². The molecule has 2 fully saturated rings. The van der Waals surface area contributed by atoms with Crippen molar-refractivity contribution in [1.29, 1.82) is 0 Å². The van der Waals surface area contributed by atoms with E-state index in [-0.39, 0.29) is 5.54 Å². The van der Waals surface area contributed by atoms with Gasteiger partial charge in [-0.25, -0.2) is 0 Å². The fourth-order valence-corrected chi connectivity index (χ4v) is 5.09. The van der Waals surface area contributed by atoms with Crippen LogP contribution in [0.1, 0.15) is 72.6 Å². The Balaban J connectivity index is 2.22. The molecule has 0 bridgehead atoms. The van der Waals surface area contributed by atoms with Crippen molar-refractivity contribution < 1.29 is 0 Å². The van der Waals surface area contributed by atoms with E-state index < -0.39 is 0 Å². The van der Waals surface area contributed by atoms with E-state index in [0.29, 0.717) is 0 Å². The Morgan fingerprint density at radius 3 is 2.10 bits per heavy atom. The molecule has 2 nitrogen and oxygen atoms in total. The summed E-state index contributed by atoms with van der Waals surface area (Å²) in [4.78, 5) is 2.87. The standard InChI is InChI=1S/C18H36N2/c1-14(2)12-20(17-7-5-6-8-17)18(13-19)10-15(3)9-16(4)11-18/h14-17H,5-13,19H2,1-4H3. The highest BCUT2D eigenvalue weighted by Crippen LogP contribution is 2.42. The lowest BCUT2D eigenvalue weighted by Crippen LogP contribution is -2.61. The maximum atomic E-state index is 6.37. The van der Waals surface area contributed by atoms with E-state index >= 15 is 0 Å². The van der Waals surface area contributed by atoms with E-state index in [4.69, 9.17) is 5.73 Å². The third-order valence-electron chi connectivity index (χ3n) is 5.58. The van der Waals surface area contributed by atoms with Crippen molar-refractivity contribution in [2.45, 2.75) is 84.2 Å². The van der Waals surface area contributed by atoms with Crippen molar-refractivity contribution in [2.24, 2.45) is 23.5 Å². The van der Waals surface area contributed by atoms with Gasteiger partial charge in [-0.05, 0) is 49.9 Å². The highest BCUT2D eigenvalue weighted by Gasteiger charge is 2.44. The Morgan fingerprint density at radius 1 is 1.10 bits per heavy atom. The van der Waals surface area contributed by atoms with Gasteiger partial charge in [0.25, 0.3) is 0 Å². The summed E-state index contributed by atoms with van der Waals surface area (Å²) in [6.07, 6.45) is 9.67. The largest absolute Gasteiger partial charge is 0.329 e. The van der Waals surface area contributed by atoms with Crippen LogP contribution in [0.15, 0.2) is 0 Å². The van der Waals surface area contributed by atoms with Gasteiger partial charge < -0.3 is 5.73 Å². The molecule has 2 atom stereocenters. The van der Waals surface area contributed by atoms with Crippen molar-refractivity contribution >= 4 is 0 Å². The molecule has 2 heteroatoms. The summed E-state index contributed by atoms with van der Waals surface area (Å²) < 4.78 is 0. The average Bonchev–Trinajstić information content (AvgIpc) is 2.87. The first-order valence-corrected chi connectivity index (χ1v) is 8.93. The quantitative estimate of drug-likeness (QED) is 0.823. The number of hydrogen-bond acceptors (Lipinski definition) is 2. The Labute approximate surface area is 126 Å². The van der Waals surface area contributed by atoms with Gasteiger partial charge in [0, 0.05) is 24.7 Å². The predicted molar refractivity (Wildman–Crippen MR) is 87.8 cm³/mol. The molecule has 2 aliphatic rings.